The van der Waals surface area contributed by atoms with Crippen LogP contribution in [0, 0.1) is 0 Å². The Bertz CT molecular complexity index is 403. The van der Waals surface area contributed by atoms with Crippen molar-refractivity contribution in [3.8, 4) is 0 Å². The van der Waals surface area contributed by atoms with Crippen molar-refractivity contribution in [2.75, 3.05) is 13.1 Å². The highest BCUT2D eigenvalue weighted by molar-refractivity contribution is 9.10. The Morgan fingerprint density at radius 3 is 2.61 bits per heavy atom. The number of alkyl halides is 3. The minimum atomic E-state index is -4.40. The minimum absolute atomic E-state index is 0.0759. The summed E-state index contributed by atoms with van der Waals surface area (Å²) in [6, 6.07) is 1.35. The van der Waals surface area contributed by atoms with Crippen LogP contribution in [0.5, 0.6) is 0 Å². The maximum absolute atomic E-state index is 12.4. The summed E-state index contributed by atoms with van der Waals surface area (Å²) in [5, 5.41) is 0. The summed E-state index contributed by atoms with van der Waals surface area (Å²) in [6.45, 7) is 0.680. The molecule has 102 valence electrons. The third-order valence-corrected chi connectivity index (χ3v) is 2.90. The summed E-state index contributed by atoms with van der Waals surface area (Å²) >= 11 is 2.99. The average Bonchev–Trinajstić information content (AvgIpc) is 2.68. The Morgan fingerprint density at radius 1 is 1.50 bits per heavy atom. The van der Waals surface area contributed by atoms with Crippen LogP contribution in [0.1, 0.15) is 30.1 Å². The van der Waals surface area contributed by atoms with Crippen LogP contribution in [0.3, 0.4) is 0 Å². The fraction of sp³-hybridized carbons (Fsp3) is 0.545. The van der Waals surface area contributed by atoms with Gasteiger partial charge in [0.25, 0.3) is 5.91 Å². The Kier molecular flexibility index (Phi) is 5.25. The number of halogens is 4. The molecule has 0 aromatic carbocycles. The van der Waals surface area contributed by atoms with E-state index in [1.807, 2.05) is 6.92 Å². The summed E-state index contributed by atoms with van der Waals surface area (Å²) < 4.78 is 42.2. The molecule has 1 rings (SSSR count). The highest BCUT2D eigenvalue weighted by atomic mass is 79.9. The van der Waals surface area contributed by atoms with Gasteiger partial charge in [-0.1, -0.05) is 13.3 Å². The van der Waals surface area contributed by atoms with Crippen LogP contribution in [-0.4, -0.2) is 30.1 Å². The van der Waals surface area contributed by atoms with Gasteiger partial charge in [0.05, 0.1) is 11.8 Å². The highest BCUT2D eigenvalue weighted by Gasteiger charge is 2.33. The largest absolute Gasteiger partial charge is 0.457 e. The molecule has 0 spiro atoms. The molecule has 1 aromatic heterocycles. The van der Waals surface area contributed by atoms with Gasteiger partial charge >= 0.3 is 6.18 Å². The van der Waals surface area contributed by atoms with Gasteiger partial charge in [0, 0.05) is 6.54 Å². The van der Waals surface area contributed by atoms with Gasteiger partial charge in [-0.25, -0.2) is 0 Å². The normalized spacial score (nSPS) is 11.6. The quantitative estimate of drug-likeness (QED) is 0.823. The summed E-state index contributed by atoms with van der Waals surface area (Å²) in [7, 11) is 0. The van der Waals surface area contributed by atoms with Gasteiger partial charge in [-0.15, -0.1) is 0 Å². The van der Waals surface area contributed by atoms with Gasteiger partial charge in [-0.05, 0) is 28.4 Å². The molecule has 1 aromatic rings. The number of unbranched alkanes of at least 4 members (excludes halogenated alkanes) is 1. The smallest absolute Gasteiger partial charge is 0.406 e. The summed E-state index contributed by atoms with van der Waals surface area (Å²) in [5.41, 5.74) is 0.107. The number of rotatable bonds is 5. The molecule has 0 bridgehead atoms. The third-order valence-electron chi connectivity index (χ3n) is 2.29. The van der Waals surface area contributed by atoms with Gasteiger partial charge in [-0.2, -0.15) is 13.2 Å². The molecule has 0 atom stereocenters. The zero-order valence-electron chi connectivity index (χ0n) is 9.76. The Balaban J connectivity index is 2.82. The van der Waals surface area contributed by atoms with Crippen molar-refractivity contribution in [3.05, 3.63) is 22.6 Å². The van der Waals surface area contributed by atoms with Crippen LogP contribution in [0.2, 0.25) is 0 Å². The molecule has 0 aliphatic heterocycles. The van der Waals surface area contributed by atoms with Crippen LogP contribution in [0.15, 0.2) is 21.4 Å². The number of carbonyl (C=O) groups excluding carboxylic acids is 1. The van der Waals surface area contributed by atoms with E-state index >= 15 is 0 Å². The standard InChI is InChI=1S/C11H13BrF3NO2/c1-2-3-5-16(7-11(13,14)15)10(17)8-4-6-18-9(8)12/h4,6H,2-3,5,7H2,1H3. The first-order chi connectivity index (χ1) is 8.35. The summed E-state index contributed by atoms with van der Waals surface area (Å²) in [6.07, 6.45) is -1.91. The Labute approximate surface area is 111 Å². The lowest BCUT2D eigenvalue weighted by molar-refractivity contribution is -0.140. The van der Waals surface area contributed by atoms with Crippen LogP contribution in [-0.2, 0) is 0 Å². The summed E-state index contributed by atoms with van der Waals surface area (Å²) in [4.78, 5) is 12.7. The van der Waals surface area contributed by atoms with E-state index in [-0.39, 0.29) is 16.8 Å². The molecule has 0 radical (unpaired) electrons. The summed E-state index contributed by atoms with van der Waals surface area (Å²) in [5.74, 6) is -0.679. The van der Waals surface area contributed by atoms with E-state index in [0.717, 1.165) is 4.90 Å². The van der Waals surface area contributed by atoms with E-state index in [4.69, 9.17) is 4.42 Å². The second-order valence-corrected chi connectivity index (χ2v) is 4.52. The number of amides is 1. The number of nitrogens with zero attached hydrogens (tertiary/aromatic N) is 1. The lowest BCUT2D eigenvalue weighted by atomic mass is 10.2. The van der Waals surface area contributed by atoms with Gasteiger partial charge in [0.2, 0.25) is 0 Å². The van der Waals surface area contributed by atoms with Crippen molar-refractivity contribution in [1.29, 1.82) is 0 Å². The first-order valence-corrected chi connectivity index (χ1v) is 6.23. The molecule has 7 heteroatoms. The van der Waals surface area contributed by atoms with Crippen molar-refractivity contribution < 1.29 is 22.4 Å². The Morgan fingerprint density at radius 2 is 2.17 bits per heavy atom. The van der Waals surface area contributed by atoms with Crippen LogP contribution in [0.25, 0.3) is 0 Å². The lowest BCUT2D eigenvalue weighted by Crippen LogP contribution is -2.39. The van der Waals surface area contributed by atoms with E-state index in [1.54, 1.807) is 0 Å². The van der Waals surface area contributed by atoms with Crippen molar-refractivity contribution in [1.82, 2.24) is 4.90 Å². The second kappa shape index (κ2) is 6.26. The molecule has 0 saturated heterocycles. The average molecular weight is 328 g/mol. The molecule has 0 fully saturated rings. The predicted molar refractivity (Wildman–Crippen MR) is 63.3 cm³/mol. The van der Waals surface area contributed by atoms with Gasteiger partial charge in [0.15, 0.2) is 4.67 Å². The van der Waals surface area contributed by atoms with E-state index in [1.165, 1.54) is 12.3 Å². The SMILES string of the molecule is CCCCN(CC(F)(F)F)C(=O)c1ccoc1Br. The van der Waals surface area contributed by atoms with E-state index in [9.17, 15) is 18.0 Å². The highest BCUT2D eigenvalue weighted by Crippen LogP contribution is 2.23. The molecule has 0 aliphatic carbocycles. The van der Waals surface area contributed by atoms with Crippen LogP contribution < -0.4 is 0 Å². The maximum Gasteiger partial charge on any atom is 0.406 e. The van der Waals surface area contributed by atoms with Gasteiger partial charge in [-0.3, -0.25) is 4.79 Å². The zero-order valence-corrected chi connectivity index (χ0v) is 11.3. The molecule has 18 heavy (non-hydrogen) atoms. The minimum Gasteiger partial charge on any atom is -0.457 e. The molecule has 1 heterocycles. The van der Waals surface area contributed by atoms with Crippen LogP contribution >= 0.6 is 15.9 Å². The van der Waals surface area contributed by atoms with Crippen molar-refractivity contribution in [2.24, 2.45) is 0 Å². The molecule has 0 N–H and O–H groups in total. The van der Waals surface area contributed by atoms with E-state index < -0.39 is 18.6 Å². The number of hydrogen-bond acceptors (Lipinski definition) is 2. The molecule has 0 saturated carbocycles. The van der Waals surface area contributed by atoms with E-state index in [0.29, 0.717) is 12.8 Å². The second-order valence-electron chi connectivity index (χ2n) is 3.80. The van der Waals surface area contributed by atoms with Crippen molar-refractivity contribution in [3.63, 3.8) is 0 Å². The van der Waals surface area contributed by atoms with Crippen LogP contribution in [0.4, 0.5) is 13.2 Å². The van der Waals surface area contributed by atoms with Crippen molar-refractivity contribution in [2.45, 2.75) is 25.9 Å². The predicted octanol–water partition coefficient (Wildman–Crippen LogP) is 3.85. The first-order valence-electron chi connectivity index (χ1n) is 5.44. The maximum atomic E-state index is 12.4. The number of carbonyl (C=O) groups is 1. The monoisotopic (exact) mass is 327 g/mol. The molecular weight excluding hydrogens is 315 g/mol. The fourth-order valence-corrected chi connectivity index (χ4v) is 1.84. The number of furan rings is 1. The Hall–Kier alpha value is -0.980. The van der Waals surface area contributed by atoms with E-state index in [2.05, 4.69) is 15.9 Å². The van der Waals surface area contributed by atoms with Gasteiger partial charge in [0.1, 0.15) is 6.54 Å². The molecule has 3 nitrogen and oxygen atoms in total. The molecule has 0 aliphatic rings. The fourth-order valence-electron chi connectivity index (χ4n) is 1.43. The molecule has 0 unspecified atom stereocenters. The topological polar surface area (TPSA) is 33.5 Å². The molecular formula is C11H13BrF3NO2. The first kappa shape index (κ1) is 15.1. The lowest BCUT2D eigenvalue weighted by Gasteiger charge is -2.23. The number of hydrogen-bond donors (Lipinski definition) is 0. The molecule has 1 amide bonds. The third kappa shape index (κ3) is 4.36. The zero-order chi connectivity index (χ0) is 13.8. The van der Waals surface area contributed by atoms with Gasteiger partial charge < -0.3 is 9.32 Å². The van der Waals surface area contributed by atoms with Crippen molar-refractivity contribution >= 4 is 21.8 Å².